The van der Waals surface area contributed by atoms with Gasteiger partial charge in [0.15, 0.2) is 0 Å². The molecule has 0 bridgehead atoms. The van der Waals surface area contributed by atoms with E-state index >= 15 is 0 Å². The van der Waals surface area contributed by atoms with Crippen molar-refractivity contribution in [3.05, 3.63) is 18.2 Å². The summed E-state index contributed by atoms with van der Waals surface area (Å²) in [5, 5.41) is 8.49. The molecular formula is C5H7N2OTl. The van der Waals surface area contributed by atoms with E-state index in [1.165, 1.54) is 0 Å². The second kappa shape index (κ2) is 3.31. The van der Waals surface area contributed by atoms with Crippen LogP contribution in [0.1, 0.15) is 5.69 Å². The van der Waals surface area contributed by atoms with Gasteiger partial charge in [0.05, 0.1) is 0 Å². The van der Waals surface area contributed by atoms with E-state index in [-0.39, 0.29) is 6.61 Å². The molecule has 0 saturated heterocycles. The summed E-state index contributed by atoms with van der Waals surface area (Å²) in [6.07, 6.45) is 4.45. The number of aromatic nitrogens is 2. The summed E-state index contributed by atoms with van der Waals surface area (Å²) < 4.78 is 2.03. The van der Waals surface area contributed by atoms with Gasteiger partial charge in [0, 0.05) is 0 Å². The van der Waals surface area contributed by atoms with Gasteiger partial charge in [-0.25, -0.2) is 0 Å². The number of aliphatic hydroxyl groups is 1. The minimum absolute atomic E-state index is 0.196. The average Bonchev–Trinajstić information content (AvgIpc) is 2.17. The number of imidazole rings is 1. The number of hydrogen-bond acceptors (Lipinski definition) is 2. The average molecular weight is 316 g/mol. The Labute approximate surface area is 69.8 Å². The van der Waals surface area contributed by atoms with Crippen LogP contribution < -0.4 is 0 Å². The quantitative estimate of drug-likeness (QED) is 0.737. The van der Waals surface area contributed by atoms with Gasteiger partial charge in [-0.05, 0) is 0 Å². The van der Waals surface area contributed by atoms with E-state index in [1.54, 1.807) is 6.33 Å². The van der Waals surface area contributed by atoms with Crippen LogP contribution in [0, 0.1) is 0 Å². The van der Waals surface area contributed by atoms with Crippen molar-refractivity contribution in [1.82, 2.24) is 7.36 Å². The van der Waals surface area contributed by atoms with E-state index in [2.05, 4.69) is 4.98 Å². The Morgan fingerprint density at radius 1 is 1.78 bits per heavy atom. The number of aliphatic hydroxyl groups excluding tert-OH is 1. The zero-order valence-corrected chi connectivity index (χ0v) is 9.48. The molecule has 4 heteroatoms. The number of hydrogen-bond donors (Lipinski definition) is 1. The summed E-state index contributed by atoms with van der Waals surface area (Å²) >= 11 is 0.787. The Kier molecular flexibility index (Phi) is 2.65. The van der Waals surface area contributed by atoms with Gasteiger partial charge in [-0.3, -0.25) is 0 Å². The van der Waals surface area contributed by atoms with Gasteiger partial charge in [-0.15, -0.1) is 0 Å². The summed E-state index contributed by atoms with van der Waals surface area (Å²) in [5.74, 6) is 0. The van der Waals surface area contributed by atoms with Crippen molar-refractivity contribution in [2.75, 3.05) is 6.61 Å². The molecule has 0 aliphatic rings. The molecule has 0 aliphatic heterocycles. The van der Waals surface area contributed by atoms with Crippen LogP contribution in [0.15, 0.2) is 12.5 Å². The standard InChI is InChI=1S/C5H7N2O.Tl/c8-2-1-5-3-6-4-7-5;/h3-4,8H,1-2H2;/q-1;+1. The fourth-order valence-corrected chi connectivity index (χ4v) is 1.55. The molecule has 3 nitrogen and oxygen atoms in total. The molecule has 9 heavy (non-hydrogen) atoms. The van der Waals surface area contributed by atoms with E-state index in [4.69, 9.17) is 5.11 Å². The first-order chi connectivity index (χ1) is 4.33. The summed E-state index contributed by atoms with van der Waals surface area (Å²) in [7, 11) is 0. The predicted octanol–water partition coefficient (Wildman–Crippen LogP) is -0.651. The molecule has 0 unspecified atom stereocenters. The molecule has 0 amide bonds. The molecule has 0 fully saturated rings. The molecule has 0 spiro atoms. The SMILES string of the molecule is OCCc1c[n]([Tl])cn1. The van der Waals surface area contributed by atoms with Crippen LogP contribution in [0.3, 0.4) is 0 Å². The number of rotatable bonds is 2. The maximum absolute atomic E-state index is 8.49. The normalized spacial score (nSPS) is 9.78. The van der Waals surface area contributed by atoms with Crippen LogP contribution >= 0.6 is 0 Å². The third-order valence-electron chi connectivity index (χ3n) is 1.02. The topological polar surface area (TPSA) is 38.0 Å². The first kappa shape index (κ1) is 7.20. The first-order valence-corrected chi connectivity index (χ1v) is 4.72. The zero-order chi connectivity index (χ0) is 6.69. The van der Waals surface area contributed by atoms with E-state index in [0.717, 1.165) is 31.8 Å². The van der Waals surface area contributed by atoms with Crippen molar-refractivity contribution >= 4 is 26.1 Å². The fraction of sp³-hybridized carbons (Fsp3) is 0.400. The molecule has 0 saturated carbocycles. The van der Waals surface area contributed by atoms with Crippen LogP contribution in [0.2, 0.25) is 0 Å². The molecule has 46 valence electrons. The van der Waals surface area contributed by atoms with Crippen LogP contribution in [0.25, 0.3) is 0 Å². The van der Waals surface area contributed by atoms with E-state index in [9.17, 15) is 0 Å². The molecule has 1 aromatic rings. The predicted molar refractivity (Wildman–Crippen MR) is 34.2 cm³/mol. The molecule has 1 heterocycles. The maximum atomic E-state index is 8.49. The molecule has 1 aromatic heterocycles. The molecule has 1 rings (SSSR count). The van der Waals surface area contributed by atoms with Crippen molar-refractivity contribution in [3.8, 4) is 0 Å². The van der Waals surface area contributed by atoms with Gasteiger partial charge >= 0.3 is 69.8 Å². The van der Waals surface area contributed by atoms with Gasteiger partial charge in [0.1, 0.15) is 0 Å². The van der Waals surface area contributed by atoms with Crippen molar-refractivity contribution in [2.24, 2.45) is 0 Å². The van der Waals surface area contributed by atoms with Crippen molar-refractivity contribution < 1.29 is 5.11 Å². The van der Waals surface area contributed by atoms with E-state index in [1.807, 2.05) is 8.57 Å². The molecule has 0 radical (unpaired) electrons. The van der Waals surface area contributed by atoms with Gasteiger partial charge < -0.3 is 0 Å². The fourth-order valence-electron chi connectivity index (χ4n) is 0.623. The van der Waals surface area contributed by atoms with Crippen molar-refractivity contribution in [1.29, 1.82) is 0 Å². The summed E-state index contributed by atoms with van der Waals surface area (Å²) in [6, 6.07) is 0. The van der Waals surface area contributed by atoms with Crippen molar-refractivity contribution in [2.45, 2.75) is 6.42 Å². The second-order valence-corrected chi connectivity index (χ2v) is 4.10. The van der Waals surface area contributed by atoms with Crippen LogP contribution in [0.5, 0.6) is 0 Å². The van der Waals surface area contributed by atoms with Gasteiger partial charge in [-0.2, -0.15) is 0 Å². The first-order valence-electron chi connectivity index (χ1n) is 2.71. The van der Waals surface area contributed by atoms with Crippen LogP contribution in [-0.2, 0) is 6.42 Å². The molecular weight excluding hydrogens is 308 g/mol. The molecule has 0 aliphatic carbocycles. The van der Waals surface area contributed by atoms with E-state index < -0.39 is 0 Å². The van der Waals surface area contributed by atoms with Crippen molar-refractivity contribution in [3.63, 3.8) is 0 Å². The molecule has 1 N–H and O–H groups in total. The Bertz CT molecular complexity index is 187. The zero-order valence-electron chi connectivity index (χ0n) is 4.99. The summed E-state index contributed by atoms with van der Waals surface area (Å²) in [5.41, 5.74) is 0.986. The monoisotopic (exact) mass is 316 g/mol. The van der Waals surface area contributed by atoms with Gasteiger partial charge in [0.2, 0.25) is 0 Å². The minimum atomic E-state index is 0.196. The Hall–Kier alpha value is 0.0921. The van der Waals surface area contributed by atoms with E-state index in [0.29, 0.717) is 6.42 Å². The van der Waals surface area contributed by atoms with Gasteiger partial charge in [0.25, 0.3) is 0 Å². The molecule has 0 atom stereocenters. The Morgan fingerprint density at radius 2 is 2.56 bits per heavy atom. The summed E-state index contributed by atoms with van der Waals surface area (Å²) in [4.78, 5) is 4.05. The Balaban J connectivity index is 2.61. The van der Waals surface area contributed by atoms with Gasteiger partial charge in [-0.1, -0.05) is 0 Å². The van der Waals surface area contributed by atoms with Crippen LogP contribution in [0.4, 0.5) is 0 Å². The number of nitrogens with zero attached hydrogens (tertiary/aromatic N) is 2. The Morgan fingerprint density at radius 3 is 3.00 bits per heavy atom. The van der Waals surface area contributed by atoms with Crippen LogP contribution in [-0.4, -0.2) is 45.1 Å². The third kappa shape index (κ3) is 2.05. The third-order valence-corrected chi connectivity index (χ3v) is 2.12. The second-order valence-electron chi connectivity index (χ2n) is 1.79. The molecule has 0 aromatic carbocycles. The summed E-state index contributed by atoms with van der Waals surface area (Å²) in [6.45, 7) is 0.196.